The van der Waals surface area contributed by atoms with E-state index in [4.69, 9.17) is 4.42 Å². The van der Waals surface area contributed by atoms with Gasteiger partial charge in [0.05, 0.1) is 23.4 Å². The Bertz CT molecular complexity index is 743. The highest BCUT2D eigenvalue weighted by Crippen LogP contribution is 2.27. The number of hydrogen-bond donors (Lipinski definition) is 1. The van der Waals surface area contributed by atoms with Crippen molar-refractivity contribution in [3.05, 3.63) is 53.6 Å². The minimum absolute atomic E-state index is 0.153. The molecule has 0 aliphatic carbocycles. The summed E-state index contributed by atoms with van der Waals surface area (Å²) in [6.45, 7) is 6.07. The summed E-state index contributed by atoms with van der Waals surface area (Å²) in [7, 11) is 0. The number of aromatic nitrogens is 2. The largest absolute Gasteiger partial charge is 0.466 e. The maximum absolute atomic E-state index is 5.59. The fourth-order valence-corrected chi connectivity index (χ4v) is 2.51. The molecule has 0 spiro atoms. The molecule has 0 radical (unpaired) electrons. The summed E-state index contributed by atoms with van der Waals surface area (Å²) in [5.74, 6) is 1.89. The van der Waals surface area contributed by atoms with Gasteiger partial charge < -0.3 is 9.73 Å². The third-order valence-electron chi connectivity index (χ3n) is 3.46. The summed E-state index contributed by atoms with van der Waals surface area (Å²) in [5.41, 5.74) is 3.05. The van der Waals surface area contributed by atoms with Crippen molar-refractivity contribution in [2.45, 2.75) is 26.8 Å². The van der Waals surface area contributed by atoms with Crippen molar-refractivity contribution in [3.63, 3.8) is 0 Å². The monoisotopic (exact) mass is 267 g/mol. The van der Waals surface area contributed by atoms with E-state index in [0.717, 1.165) is 28.1 Å². The highest BCUT2D eigenvalue weighted by atomic mass is 16.3. The second kappa shape index (κ2) is 4.96. The molecule has 4 nitrogen and oxygen atoms in total. The lowest BCUT2D eigenvalue weighted by Crippen LogP contribution is -2.07. The molecular formula is C16H17N3O. The second-order valence-electron chi connectivity index (χ2n) is 5.01. The van der Waals surface area contributed by atoms with Crippen LogP contribution in [0.3, 0.4) is 0 Å². The summed E-state index contributed by atoms with van der Waals surface area (Å²) in [6, 6.07) is 10.2. The highest BCUT2D eigenvalue weighted by Gasteiger charge is 2.13. The Morgan fingerprint density at radius 2 is 2.00 bits per heavy atom. The first-order valence-corrected chi connectivity index (χ1v) is 6.69. The van der Waals surface area contributed by atoms with Crippen LogP contribution in [0.2, 0.25) is 0 Å². The minimum atomic E-state index is 0.153. The molecule has 0 aliphatic rings. The number of nitrogens with zero attached hydrogens (tertiary/aromatic N) is 2. The zero-order valence-electron chi connectivity index (χ0n) is 11.8. The molecule has 0 amide bonds. The summed E-state index contributed by atoms with van der Waals surface area (Å²) < 4.78 is 5.59. The number of rotatable bonds is 3. The molecule has 0 aliphatic heterocycles. The number of aryl methyl sites for hydroxylation is 2. The first kappa shape index (κ1) is 12.7. The maximum atomic E-state index is 5.59. The van der Waals surface area contributed by atoms with Gasteiger partial charge in [-0.05, 0) is 32.9 Å². The van der Waals surface area contributed by atoms with E-state index >= 15 is 0 Å². The average Bonchev–Trinajstić information content (AvgIpc) is 2.78. The van der Waals surface area contributed by atoms with Crippen LogP contribution >= 0.6 is 0 Å². The normalized spacial score (nSPS) is 12.6. The lowest BCUT2D eigenvalue weighted by atomic mass is 10.1. The van der Waals surface area contributed by atoms with Gasteiger partial charge in [-0.3, -0.25) is 0 Å². The molecule has 1 atom stereocenters. The van der Waals surface area contributed by atoms with E-state index in [2.05, 4.69) is 28.5 Å². The summed E-state index contributed by atoms with van der Waals surface area (Å²) >= 11 is 0. The van der Waals surface area contributed by atoms with Gasteiger partial charge in [-0.2, -0.15) is 10.2 Å². The molecule has 2 heterocycles. The van der Waals surface area contributed by atoms with Crippen LogP contribution in [-0.4, -0.2) is 10.2 Å². The van der Waals surface area contributed by atoms with Crippen molar-refractivity contribution in [1.82, 2.24) is 10.2 Å². The van der Waals surface area contributed by atoms with Crippen LogP contribution in [-0.2, 0) is 0 Å². The van der Waals surface area contributed by atoms with Crippen molar-refractivity contribution in [2.75, 3.05) is 5.32 Å². The molecule has 1 N–H and O–H groups in total. The van der Waals surface area contributed by atoms with E-state index in [-0.39, 0.29) is 6.04 Å². The van der Waals surface area contributed by atoms with Crippen LogP contribution in [0, 0.1) is 13.8 Å². The fourth-order valence-electron chi connectivity index (χ4n) is 2.51. The Labute approximate surface area is 117 Å². The Morgan fingerprint density at radius 1 is 1.20 bits per heavy atom. The van der Waals surface area contributed by atoms with E-state index in [9.17, 15) is 0 Å². The zero-order valence-corrected chi connectivity index (χ0v) is 11.8. The zero-order chi connectivity index (χ0) is 14.1. The van der Waals surface area contributed by atoms with E-state index in [1.165, 1.54) is 5.56 Å². The number of fused-ring (bicyclic) bond motifs is 1. The van der Waals surface area contributed by atoms with Crippen LogP contribution in [0.4, 0.5) is 5.69 Å². The molecule has 0 saturated carbocycles. The second-order valence-corrected chi connectivity index (χ2v) is 5.01. The summed E-state index contributed by atoms with van der Waals surface area (Å²) in [4.78, 5) is 0. The standard InChI is InChI=1S/C16H17N3O/c1-10-8-14(12(3)20-10)11(2)18-16-9-17-19-15-7-5-4-6-13(15)16/h4-9,11H,1-3H3,(H,18,19). The van der Waals surface area contributed by atoms with Crippen LogP contribution in [0.1, 0.15) is 30.0 Å². The van der Waals surface area contributed by atoms with Gasteiger partial charge in [0.25, 0.3) is 0 Å². The first-order chi connectivity index (χ1) is 9.65. The molecule has 3 rings (SSSR count). The Morgan fingerprint density at radius 3 is 2.75 bits per heavy atom. The van der Waals surface area contributed by atoms with Gasteiger partial charge in [-0.25, -0.2) is 0 Å². The number of anilines is 1. The molecule has 0 fully saturated rings. The molecule has 1 aromatic carbocycles. The summed E-state index contributed by atoms with van der Waals surface area (Å²) in [6.07, 6.45) is 1.76. The fraction of sp³-hybridized carbons (Fsp3) is 0.250. The third kappa shape index (κ3) is 2.25. The van der Waals surface area contributed by atoms with Gasteiger partial charge in [-0.15, -0.1) is 0 Å². The van der Waals surface area contributed by atoms with Crippen molar-refractivity contribution >= 4 is 16.6 Å². The number of hydrogen-bond acceptors (Lipinski definition) is 4. The van der Waals surface area contributed by atoms with Crippen molar-refractivity contribution in [1.29, 1.82) is 0 Å². The predicted molar refractivity (Wildman–Crippen MR) is 79.8 cm³/mol. The van der Waals surface area contributed by atoms with E-state index in [0.29, 0.717) is 0 Å². The molecular weight excluding hydrogens is 250 g/mol. The molecule has 0 bridgehead atoms. The van der Waals surface area contributed by atoms with Gasteiger partial charge in [0.2, 0.25) is 0 Å². The van der Waals surface area contributed by atoms with E-state index in [1.807, 2.05) is 38.1 Å². The average molecular weight is 267 g/mol. The SMILES string of the molecule is Cc1cc(C(C)Nc2cnnc3ccccc23)c(C)o1. The van der Waals surface area contributed by atoms with Gasteiger partial charge >= 0.3 is 0 Å². The van der Waals surface area contributed by atoms with Gasteiger partial charge in [-0.1, -0.05) is 18.2 Å². The number of furan rings is 1. The van der Waals surface area contributed by atoms with Gasteiger partial charge in [0.15, 0.2) is 0 Å². The highest BCUT2D eigenvalue weighted by molar-refractivity contribution is 5.90. The predicted octanol–water partition coefficient (Wildman–Crippen LogP) is 4.01. The van der Waals surface area contributed by atoms with Gasteiger partial charge in [0, 0.05) is 10.9 Å². The van der Waals surface area contributed by atoms with Crippen molar-refractivity contribution in [3.8, 4) is 0 Å². The topological polar surface area (TPSA) is 51.0 Å². The van der Waals surface area contributed by atoms with Crippen molar-refractivity contribution < 1.29 is 4.42 Å². The molecule has 3 aromatic rings. The molecule has 20 heavy (non-hydrogen) atoms. The van der Waals surface area contributed by atoms with Crippen LogP contribution in [0.25, 0.3) is 10.9 Å². The smallest absolute Gasteiger partial charge is 0.106 e. The molecule has 1 unspecified atom stereocenters. The van der Waals surface area contributed by atoms with Gasteiger partial charge in [0.1, 0.15) is 11.5 Å². The van der Waals surface area contributed by atoms with Crippen LogP contribution < -0.4 is 5.32 Å². The lowest BCUT2D eigenvalue weighted by Gasteiger charge is -2.15. The molecule has 2 aromatic heterocycles. The minimum Gasteiger partial charge on any atom is -0.466 e. The third-order valence-corrected chi connectivity index (χ3v) is 3.46. The Balaban J connectivity index is 1.95. The lowest BCUT2D eigenvalue weighted by molar-refractivity contribution is 0.500. The maximum Gasteiger partial charge on any atom is 0.106 e. The molecule has 4 heteroatoms. The molecule has 102 valence electrons. The summed E-state index contributed by atoms with van der Waals surface area (Å²) in [5, 5.41) is 12.8. The molecule has 0 saturated heterocycles. The quantitative estimate of drug-likeness (QED) is 0.779. The van der Waals surface area contributed by atoms with Crippen LogP contribution in [0.5, 0.6) is 0 Å². The number of nitrogens with one attached hydrogen (secondary N) is 1. The Kier molecular flexibility index (Phi) is 3.14. The Hall–Kier alpha value is -2.36. The van der Waals surface area contributed by atoms with Crippen molar-refractivity contribution in [2.24, 2.45) is 0 Å². The first-order valence-electron chi connectivity index (χ1n) is 6.69. The van der Waals surface area contributed by atoms with E-state index < -0.39 is 0 Å². The van der Waals surface area contributed by atoms with E-state index in [1.54, 1.807) is 6.20 Å². The number of benzene rings is 1. The van der Waals surface area contributed by atoms with Crippen LogP contribution in [0.15, 0.2) is 40.9 Å².